The summed E-state index contributed by atoms with van der Waals surface area (Å²) in [6, 6.07) is 0. The molecule has 0 aromatic carbocycles. The smallest absolute Gasteiger partial charge is 0.410 e. The predicted octanol–water partition coefficient (Wildman–Crippen LogP) is 2.88. The van der Waals surface area contributed by atoms with Crippen LogP contribution in [0.25, 0.3) is 0 Å². The van der Waals surface area contributed by atoms with Crippen LogP contribution in [0.3, 0.4) is 0 Å². The predicted molar refractivity (Wildman–Crippen MR) is 84.4 cm³/mol. The van der Waals surface area contributed by atoms with Crippen LogP contribution in [-0.2, 0) is 11.3 Å². The second-order valence-electron chi connectivity index (χ2n) is 6.47. The normalized spacial score (nSPS) is 17.0. The highest BCUT2D eigenvalue weighted by molar-refractivity contribution is 7.09. The summed E-state index contributed by atoms with van der Waals surface area (Å²) in [4.78, 5) is 18.0. The van der Waals surface area contributed by atoms with E-state index < -0.39 is 5.60 Å². The molecule has 21 heavy (non-hydrogen) atoms. The molecule has 0 spiro atoms. The average molecular weight is 311 g/mol. The van der Waals surface area contributed by atoms with Crippen LogP contribution in [0.1, 0.15) is 38.6 Å². The molecule has 1 fully saturated rings. The Morgan fingerprint density at radius 2 is 2.19 bits per heavy atom. The van der Waals surface area contributed by atoms with Crippen LogP contribution in [-0.4, -0.2) is 41.2 Å². The maximum Gasteiger partial charge on any atom is 0.410 e. The SMILES string of the molecule is CC(C)(C)OC(=O)N1CCC(CNCc2nccs2)CC1. The number of hydrogen-bond acceptors (Lipinski definition) is 5. The number of carbonyl (C=O) groups is 1. The minimum Gasteiger partial charge on any atom is -0.444 e. The van der Waals surface area contributed by atoms with Gasteiger partial charge in [0.15, 0.2) is 0 Å². The molecule has 1 aliphatic heterocycles. The van der Waals surface area contributed by atoms with E-state index in [-0.39, 0.29) is 6.09 Å². The fraction of sp³-hybridized carbons (Fsp3) is 0.733. The molecular formula is C15H25N3O2S. The number of thiazole rings is 1. The number of carbonyl (C=O) groups excluding carboxylic acids is 1. The van der Waals surface area contributed by atoms with E-state index >= 15 is 0 Å². The van der Waals surface area contributed by atoms with E-state index in [9.17, 15) is 4.79 Å². The summed E-state index contributed by atoms with van der Waals surface area (Å²) in [7, 11) is 0. The average Bonchev–Trinajstić information content (AvgIpc) is 2.91. The summed E-state index contributed by atoms with van der Waals surface area (Å²) in [5.41, 5.74) is -0.413. The Kier molecular flexibility index (Phi) is 5.58. The summed E-state index contributed by atoms with van der Waals surface area (Å²) in [6.45, 7) is 9.11. The summed E-state index contributed by atoms with van der Waals surface area (Å²) in [5, 5.41) is 6.58. The summed E-state index contributed by atoms with van der Waals surface area (Å²) >= 11 is 1.68. The van der Waals surface area contributed by atoms with Crippen LogP contribution in [0.15, 0.2) is 11.6 Å². The van der Waals surface area contributed by atoms with Gasteiger partial charge in [0.1, 0.15) is 10.6 Å². The van der Waals surface area contributed by atoms with Crippen LogP contribution >= 0.6 is 11.3 Å². The zero-order valence-electron chi connectivity index (χ0n) is 13.1. The highest BCUT2D eigenvalue weighted by atomic mass is 32.1. The van der Waals surface area contributed by atoms with Gasteiger partial charge < -0.3 is 15.0 Å². The quantitative estimate of drug-likeness (QED) is 0.929. The van der Waals surface area contributed by atoms with E-state index in [1.165, 1.54) is 0 Å². The lowest BCUT2D eigenvalue weighted by Crippen LogP contribution is -2.43. The number of nitrogens with zero attached hydrogens (tertiary/aromatic N) is 2. The molecule has 6 heteroatoms. The number of piperidine rings is 1. The van der Waals surface area contributed by atoms with Gasteiger partial charge in [-0.15, -0.1) is 11.3 Å². The molecule has 118 valence electrons. The number of likely N-dealkylation sites (tertiary alicyclic amines) is 1. The highest BCUT2D eigenvalue weighted by Gasteiger charge is 2.26. The largest absolute Gasteiger partial charge is 0.444 e. The van der Waals surface area contributed by atoms with Gasteiger partial charge in [0, 0.05) is 31.2 Å². The lowest BCUT2D eigenvalue weighted by atomic mass is 9.97. The molecule has 1 saturated heterocycles. The number of nitrogens with one attached hydrogen (secondary N) is 1. The lowest BCUT2D eigenvalue weighted by molar-refractivity contribution is 0.0184. The van der Waals surface area contributed by atoms with Crippen LogP contribution in [0, 0.1) is 5.92 Å². The summed E-state index contributed by atoms with van der Waals surface area (Å²) < 4.78 is 5.41. The van der Waals surface area contributed by atoms with E-state index in [4.69, 9.17) is 4.74 Å². The number of rotatable bonds is 4. The van der Waals surface area contributed by atoms with Gasteiger partial charge in [-0.05, 0) is 46.1 Å². The molecule has 0 unspecified atom stereocenters. The molecular weight excluding hydrogens is 286 g/mol. The van der Waals surface area contributed by atoms with Crippen molar-refractivity contribution in [2.45, 2.75) is 45.8 Å². The van der Waals surface area contributed by atoms with Crippen molar-refractivity contribution in [3.05, 3.63) is 16.6 Å². The second-order valence-corrected chi connectivity index (χ2v) is 7.45. The Balaban J connectivity index is 1.65. The van der Waals surface area contributed by atoms with E-state index in [1.54, 1.807) is 11.3 Å². The first-order valence-electron chi connectivity index (χ1n) is 7.51. The summed E-state index contributed by atoms with van der Waals surface area (Å²) in [5.74, 6) is 0.628. The minimum atomic E-state index is -0.413. The molecule has 5 nitrogen and oxygen atoms in total. The van der Waals surface area contributed by atoms with Gasteiger partial charge in [0.25, 0.3) is 0 Å². The van der Waals surface area contributed by atoms with Crippen molar-refractivity contribution in [2.75, 3.05) is 19.6 Å². The van der Waals surface area contributed by atoms with Crippen molar-refractivity contribution in [2.24, 2.45) is 5.92 Å². The third-order valence-corrected chi connectivity index (χ3v) is 4.24. The van der Waals surface area contributed by atoms with Gasteiger partial charge in [-0.25, -0.2) is 9.78 Å². The van der Waals surface area contributed by atoms with Crippen LogP contribution in [0.5, 0.6) is 0 Å². The van der Waals surface area contributed by atoms with Gasteiger partial charge >= 0.3 is 6.09 Å². The van der Waals surface area contributed by atoms with Gasteiger partial charge in [-0.3, -0.25) is 0 Å². The van der Waals surface area contributed by atoms with Gasteiger partial charge in [0.2, 0.25) is 0 Å². The molecule has 1 aliphatic rings. The first kappa shape index (κ1) is 16.2. The molecule has 2 heterocycles. The molecule has 0 aliphatic carbocycles. The molecule has 0 atom stereocenters. The fourth-order valence-corrected chi connectivity index (χ4v) is 2.96. The van der Waals surface area contributed by atoms with E-state index in [0.717, 1.165) is 44.0 Å². The maximum absolute atomic E-state index is 12.0. The van der Waals surface area contributed by atoms with Crippen molar-refractivity contribution in [1.82, 2.24) is 15.2 Å². The first-order valence-corrected chi connectivity index (χ1v) is 8.39. The highest BCUT2D eigenvalue weighted by Crippen LogP contribution is 2.19. The van der Waals surface area contributed by atoms with Crippen molar-refractivity contribution < 1.29 is 9.53 Å². The van der Waals surface area contributed by atoms with Crippen molar-refractivity contribution >= 4 is 17.4 Å². The Labute approximate surface area is 130 Å². The minimum absolute atomic E-state index is 0.184. The second kappa shape index (κ2) is 7.22. The van der Waals surface area contributed by atoms with Crippen molar-refractivity contribution in [1.29, 1.82) is 0 Å². The zero-order chi connectivity index (χ0) is 15.3. The van der Waals surface area contributed by atoms with Crippen LogP contribution in [0.4, 0.5) is 4.79 Å². The number of amides is 1. The molecule has 1 aromatic heterocycles. The fourth-order valence-electron chi connectivity index (χ4n) is 2.37. The third kappa shape index (κ3) is 5.63. The van der Waals surface area contributed by atoms with E-state index in [1.807, 2.05) is 37.2 Å². The lowest BCUT2D eigenvalue weighted by Gasteiger charge is -2.33. The molecule has 1 aromatic rings. The number of ether oxygens (including phenoxy) is 1. The molecule has 2 rings (SSSR count). The van der Waals surface area contributed by atoms with Gasteiger partial charge in [0.05, 0.1) is 0 Å². The van der Waals surface area contributed by atoms with Gasteiger partial charge in [-0.1, -0.05) is 0 Å². The summed E-state index contributed by atoms with van der Waals surface area (Å²) in [6.07, 6.45) is 3.71. The number of hydrogen-bond donors (Lipinski definition) is 1. The Bertz CT molecular complexity index is 434. The molecule has 1 amide bonds. The number of aromatic nitrogens is 1. The van der Waals surface area contributed by atoms with Gasteiger partial charge in [-0.2, -0.15) is 0 Å². The maximum atomic E-state index is 12.0. The Morgan fingerprint density at radius 1 is 1.48 bits per heavy atom. The monoisotopic (exact) mass is 311 g/mol. The molecule has 0 saturated carbocycles. The molecule has 0 radical (unpaired) electrons. The standard InChI is InChI=1S/C15H25N3O2S/c1-15(2,3)20-14(19)18-7-4-12(5-8-18)10-16-11-13-17-6-9-21-13/h6,9,12,16H,4-5,7-8,10-11H2,1-3H3. The van der Waals surface area contributed by atoms with E-state index in [2.05, 4.69) is 10.3 Å². The van der Waals surface area contributed by atoms with Crippen molar-refractivity contribution in [3.8, 4) is 0 Å². The third-order valence-electron chi connectivity index (χ3n) is 3.46. The van der Waals surface area contributed by atoms with Crippen LogP contribution < -0.4 is 5.32 Å². The van der Waals surface area contributed by atoms with Crippen molar-refractivity contribution in [3.63, 3.8) is 0 Å². The zero-order valence-corrected chi connectivity index (χ0v) is 13.9. The van der Waals surface area contributed by atoms with Crippen LogP contribution in [0.2, 0.25) is 0 Å². The topological polar surface area (TPSA) is 54.5 Å². The molecule has 0 bridgehead atoms. The Morgan fingerprint density at radius 3 is 2.76 bits per heavy atom. The molecule has 1 N–H and O–H groups in total. The Hall–Kier alpha value is -1.14. The van der Waals surface area contributed by atoms with E-state index in [0.29, 0.717) is 5.92 Å². The first-order chi connectivity index (χ1) is 9.94.